The Morgan fingerprint density at radius 2 is 2.05 bits per heavy atom. The van der Waals surface area contributed by atoms with Gasteiger partial charge in [0.1, 0.15) is 11.6 Å². The summed E-state index contributed by atoms with van der Waals surface area (Å²) in [5.41, 5.74) is 2.23. The lowest BCUT2D eigenvalue weighted by molar-refractivity contribution is 0.415. The quantitative estimate of drug-likeness (QED) is 0.884. The zero-order chi connectivity index (χ0) is 14.7. The number of anilines is 2. The molecule has 1 aromatic heterocycles. The van der Waals surface area contributed by atoms with Gasteiger partial charge < -0.3 is 15.0 Å². The minimum Gasteiger partial charge on any atom is -0.495 e. The van der Waals surface area contributed by atoms with Crippen LogP contribution < -0.4 is 15.0 Å². The standard InChI is InChI=1S/C17H21N3O/c1-20(15-7-3-4-8-16(15)21-2)17-13(6-5-11-18-17)12-19-14-9-10-14/h3-8,11,14,19H,9-10,12H2,1-2H3. The van der Waals surface area contributed by atoms with Crippen molar-refractivity contribution in [3.63, 3.8) is 0 Å². The summed E-state index contributed by atoms with van der Waals surface area (Å²) in [6.07, 6.45) is 4.41. The molecule has 2 aromatic rings. The summed E-state index contributed by atoms with van der Waals surface area (Å²) in [4.78, 5) is 6.65. The van der Waals surface area contributed by atoms with E-state index in [4.69, 9.17) is 4.74 Å². The number of aromatic nitrogens is 1. The van der Waals surface area contributed by atoms with Crippen LogP contribution in [0.25, 0.3) is 0 Å². The van der Waals surface area contributed by atoms with E-state index in [-0.39, 0.29) is 0 Å². The fourth-order valence-electron chi connectivity index (χ4n) is 2.43. The van der Waals surface area contributed by atoms with Crippen LogP contribution in [-0.4, -0.2) is 25.2 Å². The van der Waals surface area contributed by atoms with Gasteiger partial charge in [0.15, 0.2) is 0 Å². The maximum atomic E-state index is 5.45. The van der Waals surface area contributed by atoms with Gasteiger partial charge in [-0.05, 0) is 31.0 Å². The molecule has 1 saturated carbocycles. The highest BCUT2D eigenvalue weighted by atomic mass is 16.5. The Morgan fingerprint density at radius 3 is 2.81 bits per heavy atom. The number of nitrogens with zero attached hydrogens (tertiary/aromatic N) is 2. The molecule has 1 aromatic carbocycles. The van der Waals surface area contributed by atoms with E-state index in [1.165, 1.54) is 18.4 Å². The van der Waals surface area contributed by atoms with Gasteiger partial charge in [-0.1, -0.05) is 18.2 Å². The van der Waals surface area contributed by atoms with Crippen molar-refractivity contribution >= 4 is 11.5 Å². The summed E-state index contributed by atoms with van der Waals surface area (Å²) in [7, 11) is 3.72. The minimum atomic E-state index is 0.689. The maximum Gasteiger partial charge on any atom is 0.142 e. The van der Waals surface area contributed by atoms with Crippen molar-refractivity contribution in [2.24, 2.45) is 0 Å². The Hall–Kier alpha value is -2.07. The van der Waals surface area contributed by atoms with Gasteiger partial charge in [-0.3, -0.25) is 0 Å². The van der Waals surface area contributed by atoms with Crippen LogP contribution in [0.3, 0.4) is 0 Å². The second-order valence-electron chi connectivity index (χ2n) is 5.37. The van der Waals surface area contributed by atoms with Gasteiger partial charge in [0, 0.05) is 31.4 Å². The number of para-hydroxylation sites is 2. The Bertz CT molecular complexity index is 610. The van der Waals surface area contributed by atoms with E-state index in [1.807, 2.05) is 43.6 Å². The lowest BCUT2D eigenvalue weighted by Gasteiger charge is -2.23. The SMILES string of the molecule is COc1ccccc1N(C)c1ncccc1CNC1CC1. The zero-order valence-corrected chi connectivity index (χ0v) is 12.5. The molecular formula is C17H21N3O. The molecule has 4 nitrogen and oxygen atoms in total. The number of benzene rings is 1. The number of ether oxygens (including phenoxy) is 1. The van der Waals surface area contributed by atoms with E-state index in [0.29, 0.717) is 6.04 Å². The van der Waals surface area contributed by atoms with Crippen LogP contribution >= 0.6 is 0 Å². The predicted molar refractivity (Wildman–Crippen MR) is 85.2 cm³/mol. The van der Waals surface area contributed by atoms with Gasteiger partial charge in [-0.2, -0.15) is 0 Å². The van der Waals surface area contributed by atoms with Crippen molar-refractivity contribution in [2.45, 2.75) is 25.4 Å². The lowest BCUT2D eigenvalue weighted by Crippen LogP contribution is -2.20. The van der Waals surface area contributed by atoms with Crippen LogP contribution in [0.1, 0.15) is 18.4 Å². The van der Waals surface area contributed by atoms with Gasteiger partial charge in [0.05, 0.1) is 12.8 Å². The first-order valence-corrected chi connectivity index (χ1v) is 7.33. The average molecular weight is 283 g/mol. The Kier molecular flexibility index (Phi) is 4.06. The lowest BCUT2D eigenvalue weighted by atomic mass is 10.2. The summed E-state index contributed by atoms with van der Waals surface area (Å²) in [5, 5.41) is 3.55. The van der Waals surface area contributed by atoms with Gasteiger partial charge in [0.25, 0.3) is 0 Å². The number of hydrogen-bond donors (Lipinski definition) is 1. The third-order valence-electron chi connectivity index (χ3n) is 3.79. The molecule has 0 unspecified atom stereocenters. The number of nitrogens with one attached hydrogen (secondary N) is 1. The van der Waals surface area contributed by atoms with Crippen molar-refractivity contribution in [1.29, 1.82) is 0 Å². The number of methoxy groups -OCH3 is 1. The smallest absolute Gasteiger partial charge is 0.142 e. The van der Waals surface area contributed by atoms with Crippen LogP contribution in [0.15, 0.2) is 42.6 Å². The average Bonchev–Trinajstić information content (AvgIpc) is 3.37. The van der Waals surface area contributed by atoms with Crippen molar-refractivity contribution in [1.82, 2.24) is 10.3 Å². The Labute approximate surface area is 125 Å². The summed E-state index contributed by atoms with van der Waals surface area (Å²) >= 11 is 0. The van der Waals surface area contributed by atoms with Crippen LogP contribution in [0.4, 0.5) is 11.5 Å². The molecule has 1 aliphatic rings. The molecule has 1 heterocycles. The van der Waals surface area contributed by atoms with Crippen LogP contribution in [0.2, 0.25) is 0 Å². The van der Waals surface area contributed by atoms with Crippen molar-refractivity contribution in [3.05, 3.63) is 48.2 Å². The molecule has 1 aliphatic carbocycles. The molecule has 1 fully saturated rings. The van der Waals surface area contributed by atoms with E-state index < -0.39 is 0 Å². The first-order chi connectivity index (χ1) is 10.3. The number of rotatable bonds is 6. The second kappa shape index (κ2) is 6.14. The van der Waals surface area contributed by atoms with E-state index in [0.717, 1.165) is 23.8 Å². The number of pyridine rings is 1. The molecule has 0 atom stereocenters. The van der Waals surface area contributed by atoms with Gasteiger partial charge in [-0.15, -0.1) is 0 Å². The maximum absolute atomic E-state index is 5.45. The molecular weight excluding hydrogens is 262 g/mol. The normalized spacial score (nSPS) is 14.0. The topological polar surface area (TPSA) is 37.4 Å². The first-order valence-electron chi connectivity index (χ1n) is 7.33. The predicted octanol–water partition coefficient (Wildman–Crippen LogP) is 3.11. The van der Waals surface area contributed by atoms with Crippen molar-refractivity contribution in [2.75, 3.05) is 19.1 Å². The molecule has 0 saturated heterocycles. The highest BCUT2D eigenvalue weighted by Gasteiger charge is 2.21. The molecule has 4 heteroatoms. The zero-order valence-electron chi connectivity index (χ0n) is 12.5. The van der Waals surface area contributed by atoms with Crippen LogP contribution in [0, 0.1) is 0 Å². The van der Waals surface area contributed by atoms with Crippen molar-refractivity contribution in [3.8, 4) is 5.75 Å². The molecule has 0 bridgehead atoms. The molecule has 1 N–H and O–H groups in total. The number of hydrogen-bond acceptors (Lipinski definition) is 4. The monoisotopic (exact) mass is 283 g/mol. The van der Waals surface area contributed by atoms with Gasteiger partial charge in [-0.25, -0.2) is 4.98 Å². The third kappa shape index (κ3) is 3.16. The molecule has 0 aliphatic heterocycles. The highest BCUT2D eigenvalue weighted by Crippen LogP contribution is 2.32. The minimum absolute atomic E-state index is 0.689. The summed E-state index contributed by atoms with van der Waals surface area (Å²) < 4.78 is 5.45. The van der Waals surface area contributed by atoms with Crippen molar-refractivity contribution < 1.29 is 4.74 Å². The molecule has 21 heavy (non-hydrogen) atoms. The summed E-state index contributed by atoms with van der Waals surface area (Å²) in [6, 6.07) is 12.8. The molecule has 0 amide bonds. The highest BCUT2D eigenvalue weighted by molar-refractivity contribution is 5.68. The molecule has 0 radical (unpaired) electrons. The molecule has 0 spiro atoms. The summed E-state index contributed by atoms with van der Waals surface area (Å²) in [5.74, 6) is 1.82. The largest absolute Gasteiger partial charge is 0.495 e. The molecule has 110 valence electrons. The fraction of sp³-hybridized carbons (Fsp3) is 0.353. The van der Waals surface area contributed by atoms with Gasteiger partial charge >= 0.3 is 0 Å². The third-order valence-corrected chi connectivity index (χ3v) is 3.79. The van der Waals surface area contributed by atoms with E-state index in [9.17, 15) is 0 Å². The van der Waals surface area contributed by atoms with E-state index >= 15 is 0 Å². The Balaban J connectivity index is 1.87. The first kappa shape index (κ1) is 13.9. The Morgan fingerprint density at radius 1 is 1.24 bits per heavy atom. The summed E-state index contributed by atoms with van der Waals surface area (Å²) in [6.45, 7) is 0.854. The van der Waals surface area contributed by atoms with E-state index in [1.54, 1.807) is 7.11 Å². The second-order valence-corrected chi connectivity index (χ2v) is 5.37. The fourth-order valence-corrected chi connectivity index (χ4v) is 2.43. The molecule has 3 rings (SSSR count). The van der Waals surface area contributed by atoms with Crippen LogP contribution in [-0.2, 0) is 6.54 Å². The van der Waals surface area contributed by atoms with Crippen LogP contribution in [0.5, 0.6) is 5.75 Å². The van der Waals surface area contributed by atoms with E-state index in [2.05, 4.69) is 21.3 Å². The van der Waals surface area contributed by atoms with Gasteiger partial charge in [0.2, 0.25) is 0 Å².